The van der Waals surface area contributed by atoms with Crippen LogP contribution in [0.3, 0.4) is 0 Å². The topological polar surface area (TPSA) is 70.2 Å². The van der Waals surface area contributed by atoms with E-state index in [1.807, 2.05) is 30.3 Å². The second kappa shape index (κ2) is 7.25. The van der Waals surface area contributed by atoms with Gasteiger partial charge in [-0.1, -0.05) is 24.3 Å². The van der Waals surface area contributed by atoms with Crippen LogP contribution in [-0.2, 0) is 29.0 Å². The van der Waals surface area contributed by atoms with Crippen LogP contribution in [0.4, 0.5) is 11.4 Å². The van der Waals surface area contributed by atoms with E-state index < -0.39 is 0 Å². The summed E-state index contributed by atoms with van der Waals surface area (Å²) in [7, 11) is 0. The van der Waals surface area contributed by atoms with Gasteiger partial charge in [-0.3, -0.25) is 9.59 Å². The van der Waals surface area contributed by atoms with E-state index in [4.69, 9.17) is 0 Å². The van der Waals surface area contributed by atoms with Gasteiger partial charge in [0, 0.05) is 24.3 Å². The monoisotopic (exact) mass is 357 g/mol. The Hall–Kier alpha value is -2.37. The van der Waals surface area contributed by atoms with Crippen LogP contribution in [-0.4, -0.2) is 17.9 Å². The Balaban J connectivity index is 0.00000182. The average molecular weight is 358 g/mol. The highest BCUT2D eigenvalue weighted by atomic mass is 35.5. The first-order valence-electron chi connectivity index (χ1n) is 8.23. The van der Waals surface area contributed by atoms with Crippen LogP contribution in [0.25, 0.3) is 0 Å². The Morgan fingerprint density at radius 3 is 2.68 bits per heavy atom. The van der Waals surface area contributed by atoms with Crippen molar-refractivity contribution >= 4 is 35.6 Å². The van der Waals surface area contributed by atoms with Gasteiger partial charge >= 0.3 is 0 Å². The standard InChI is InChI=1S/C19H19N3O2.ClH/c23-18-8-5-13-9-15(6-7-16(13)22-18)21-19(24)17-10-12-3-1-2-4-14(12)11-20-17;/h1-4,6-7,9,17,20H,5,8,10-11H2,(H,21,24)(H,22,23);1H. The number of hydrogen-bond donors (Lipinski definition) is 3. The van der Waals surface area contributed by atoms with E-state index in [1.165, 1.54) is 11.1 Å². The van der Waals surface area contributed by atoms with Gasteiger partial charge in [0.2, 0.25) is 11.8 Å². The number of anilines is 2. The first-order valence-corrected chi connectivity index (χ1v) is 8.23. The van der Waals surface area contributed by atoms with Gasteiger partial charge in [0.05, 0.1) is 6.04 Å². The molecule has 3 N–H and O–H groups in total. The molecule has 2 amide bonds. The van der Waals surface area contributed by atoms with E-state index in [1.54, 1.807) is 0 Å². The Kier molecular flexibility index (Phi) is 5.06. The Bertz CT molecular complexity index is 822. The quantitative estimate of drug-likeness (QED) is 0.773. The number of carbonyl (C=O) groups is 2. The molecular formula is C19H20ClN3O2. The smallest absolute Gasteiger partial charge is 0.241 e. The molecule has 1 atom stereocenters. The molecule has 2 aromatic carbocycles. The highest BCUT2D eigenvalue weighted by Gasteiger charge is 2.24. The minimum Gasteiger partial charge on any atom is -0.326 e. The number of aryl methyl sites for hydroxylation is 1. The largest absolute Gasteiger partial charge is 0.326 e. The number of hydrogen-bond acceptors (Lipinski definition) is 3. The second-order valence-corrected chi connectivity index (χ2v) is 6.32. The molecule has 2 heterocycles. The number of halogens is 1. The third-order valence-electron chi connectivity index (χ3n) is 4.67. The summed E-state index contributed by atoms with van der Waals surface area (Å²) < 4.78 is 0. The number of amides is 2. The molecule has 0 bridgehead atoms. The second-order valence-electron chi connectivity index (χ2n) is 6.32. The van der Waals surface area contributed by atoms with E-state index in [0.29, 0.717) is 25.8 Å². The predicted octanol–water partition coefficient (Wildman–Crippen LogP) is 2.65. The molecule has 25 heavy (non-hydrogen) atoms. The molecule has 5 nitrogen and oxygen atoms in total. The summed E-state index contributed by atoms with van der Waals surface area (Å²) in [6, 6.07) is 13.6. The molecule has 0 saturated heterocycles. The summed E-state index contributed by atoms with van der Waals surface area (Å²) in [6.45, 7) is 0.713. The highest BCUT2D eigenvalue weighted by Crippen LogP contribution is 2.26. The van der Waals surface area contributed by atoms with Gasteiger partial charge < -0.3 is 16.0 Å². The molecular weight excluding hydrogens is 338 g/mol. The van der Waals surface area contributed by atoms with Crippen LogP contribution >= 0.6 is 12.4 Å². The third-order valence-corrected chi connectivity index (χ3v) is 4.67. The van der Waals surface area contributed by atoms with Crippen LogP contribution in [0.15, 0.2) is 42.5 Å². The molecule has 0 fully saturated rings. The van der Waals surface area contributed by atoms with Gasteiger partial charge in [-0.2, -0.15) is 0 Å². The molecule has 2 aromatic rings. The number of rotatable bonds is 2. The molecule has 4 rings (SSSR count). The van der Waals surface area contributed by atoms with E-state index in [0.717, 1.165) is 16.9 Å². The maximum absolute atomic E-state index is 12.6. The summed E-state index contributed by atoms with van der Waals surface area (Å²) in [4.78, 5) is 24.0. The molecule has 2 aliphatic rings. The Labute approximate surface area is 152 Å². The zero-order chi connectivity index (χ0) is 16.5. The van der Waals surface area contributed by atoms with Gasteiger partial charge in [-0.25, -0.2) is 0 Å². The first kappa shape index (κ1) is 17.5. The third kappa shape index (κ3) is 3.67. The van der Waals surface area contributed by atoms with E-state index in [2.05, 4.69) is 28.1 Å². The molecule has 2 aliphatic heterocycles. The van der Waals surface area contributed by atoms with Crippen molar-refractivity contribution in [1.82, 2.24) is 5.32 Å². The van der Waals surface area contributed by atoms with Crippen molar-refractivity contribution in [3.8, 4) is 0 Å². The Morgan fingerprint density at radius 2 is 1.84 bits per heavy atom. The molecule has 6 heteroatoms. The van der Waals surface area contributed by atoms with Gasteiger partial charge in [-0.05, 0) is 47.7 Å². The summed E-state index contributed by atoms with van der Waals surface area (Å²) in [5.41, 5.74) is 5.16. The van der Waals surface area contributed by atoms with E-state index in [-0.39, 0.29) is 30.3 Å². The Morgan fingerprint density at radius 1 is 1.04 bits per heavy atom. The zero-order valence-corrected chi connectivity index (χ0v) is 14.5. The number of nitrogens with one attached hydrogen (secondary N) is 3. The van der Waals surface area contributed by atoms with Crippen LogP contribution in [0, 0.1) is 0 Å². The van der Waals surface area contributed by atoms with Crippen molar-refractivity contribution in [3.63, 3.8) is 0 Å². The van der Waals surface area contributed by atoms with Crippen molar-refractivity contribution in [1.29, 1.82) is 0 Å². The fourth-order valence-corrected chi connectivity index (χ4v) is 3.33. The summed E-state index contributed by atoms with van der Waals surface area (Å²) in [5, 5.41) is 9.13. The number of benzene rings is 2. The summed E-state index contributed by atoms with van der Waals surface area (Å²) in [6.07, 6.45) is 1.90. The lowest BCUT2D eigenvalue weighted by Gasteiger charge is -2.25. The fourth-order valence-electron chi connectivity index (χ4n) is 3.33. The lowest BCUT2D eigenvalue weighted by atomic mass is 9.95. The first-order chi connectivity index (χ1) is 11.7. The molecule has 1 unspecified atom stereocenters. The van der Waals surface area contributed by atoms with Crippen LogP contribution in [0.2, 0.25) is 0 Å². The molecule has 130 valence electrons. The van der Waals surface area contributed by atoms with Crippen LogP contribution in [0.1, 0.15) is 23.1 Å². The van der Waals surface area contributed by atoms with Gasteiger partial charge in [-0.15, -0.1) is 12.4 Å². The highest BCUT2D eigenvalue weighted by molar-refractivity contribution is 5.97. The van der Waals surface area contributed by atoms with Crippen molar-refractivity contribution < 1.29 is 9.59 Å². The molecule has 0 aliphatic carbocycles. The fraction of sp³-hybridized carbons (Fsp3) is 0.263. The van der Waals surface area contributed by atoms with Gasteiger partial charge in [0.1, 0.15) is 0 Å². The minimum atomic E-state index is -0.226. The van der Waals surface area contributed by atoms with E-state index >= 15 is 0 Å². The lowest BCUT2D eigenvalue weighted by molar-refractivity contribution is -0.118. The van der Waals surface area contributed by atoms with Crippen molar-refractivity contribution in [2.24, 2.45) is 0 Å². The zero-order valence-electron chi connectivity index (χ0n) is 13.7. The number of carbonyl (C=O) groups excluding carboxylic acids is 2. The summed E-state index contributed by atoms with van der Waals surface area (Å²) in [5.74, 6) is 0.0219. The summed E-state index contributed by atoms with van der Waals surface area (Å²) >= 11 is 0. The van der Waals surface area contributed by atoms with Crippen molar-refractivity contribution in [2.75, 3.05) is 10.6 Å². The molecule has 0 spiro atoms. The molecule has 0 radical (unpaired) electrons. The molecule has 0 saturated carbocycles. The predicted molar refractivity (Wildman–Crippen MR) is 100 cm³/mol. The van der Waals surface area contributed by atoms with Crippen molar-refractivity contribution in [2.45, 2.75) is 31.8 Å². The maximum atomic E-state index is 12.6. The van der Waals surface area contributed by atoms with E-state index in [9.17, 15) is 9.59 Å². The van der Waals surface area contributed by atoms with Crippen molar-refractivity contribution in [3.05, 3.63) is 59.2 Å². The SMILES string of the molecule is Cl.O=C1CCc2cc(NC(=O)C3Cc4ccccc4CN3)ccc2N1. The lowest BCUT2D eigenvalue weighted by Crippen LogP contribution is -2.44. The number of fused-ring (bicyclic) bond motifs is 2. The van der Waals surface area contributed by atoms with Crippen LogP contribution in [0.5, 0.6) is 0 Å². The molecule has 0 aromatic heterocycles. The van der Waals surface area contributed by atoms with Gasteiger partial charge in [0.25, 0.3) is 0 Å². The minimum absolute atomic E-state index is 0. The normalized spacial score (nSPS) is 18.2. The average Bonchev–Trinajstić information content (AvgIpc) is 2.61. The van der Waals surface area contributed by atoms with Gasteiger partial charge in [0.15, 0.2) is 0 Å². The van der Waals surface area contributed by atoms with Crippen LogP contribution < -0.4 is 16.0 Å². The maximum Gasteiger partial charge on any atom is 0.241 e.